The van der Waals surface area contributed by atoms with Gasteiger partial charge in [-0.15, -0.1) is 0 Å². The number of methoxy groups -OCH3 is 1. The third-order valence-electron chi connectivity index (χ3n) is 6.05. The van der Waals surface area contributed by atoms with Crippen molar-refractivity contribution in [2.24, 2.45) is 5.92 Å². The van der Waals surface area contributed by atoms with Crippen molar-refractivity contribution in [3.8, 4) is 5.75 Å². The minimum atomic E-state index is 0.578. The molecule has 0 spiro atoms. The van der Waals surface area contributed by atoms with Gasteiger partial charge in [-0.1, -0.05) is 37.5 Å². The van der Waals surface area contributed by atoms with Gasteiger partial charge in [-0.25, -0.2) is 0 Å². The highest BCUT2D eigenvalue weighted by atomic mass is 16.5. The van der Waals surface area contributed by atoms with Crippen LogP contribution in [0.2, 0.25) is 0 Å². The first-order chi connectivity index (χ1) is 12.3. The van der Waals surface area contributed by atoms with E-state index in [-0.39, 0.29) is 0 Å². The van der Waals surface area contributed by atoms with Crippen LogP contribution >= 0.6 is 0 Å². The Labute approximate surface area is 151 Å². The Morgan fingerprint density at radius 2 is 1.68 bits per heavy atom. The van der Waals surface area contributed by atoms with Gasteiger partial charge in [-0.05, 0) is 53.3 Å². The summed E-state index contributed by atoms with van der Waals surface area (Å²) < 4.78 is 5.38. The van der Waals surface area contributed by atoms with Crippen molar-refractivity contribution < 1.29 is 4.74 Å². The first-order valence-electron chi connectivity index (χ1n) is 9.87. The normalized spacial score (nSPS) is 21.3. The molecule has 0 unspecified atom stereocenters. The lowest BCUT2D eigenvalue weighted by atomic mass is 9.80. The molecule has 134 valence electrons. The smallest absolute Gasteiger partial charge is 0.119 e. The van der Waals surface area contributed by atoms with Gasteiger partial charge in [0.25, 0.3) is 0 Å². The van der Waals surface area contributed by atoms with E-state index in [1.54, 1.807) is 7.11 Å². The monoisotopic (exact) mass is 338 g/mol. The number of ether oxygens (including phenoxy) is 1. The summed E-state index contributed by atoms with van der Waals surface area (Å²) in [5.74, 6) is 1.74. The lowest BCUT2D eigenvalue weighted by Crippen LogP contribution is -2.47. The molecule has 0 aromatic heterocycles. The highest BCUT2D eigenvalue weighted by Gasteiger charge is 2.30. The van der Waals surface area contributed by atoms with Crippen LogP contribution in [0.5, 0.6) is 5.75 Å². The molecule has 1 aliphatic heterocycles. The van der Waals surface area contributed by atoms with Gasteiger partial charge in [0.1, 0.15) is 5.75 Å². The van der Waals surface area contributed by atoms with Crippen LogP contribution in [0, 0.1) is 5.92 Å². The summed E-state index contributed by atoms with van der Waals surface area (Å²) in [4.78, 5) is 2.73. The number of hydrogen-bond donors (Lipinski definition) is 1. The van der Waals surface area contributed by atoms with Gasteiger partial charge in [-0.3, -0.25) is 4.90 Å². The Bertz CT molecular complexity index is 684. The Hall–Kier alpha value is -1.58. The van der Waals surface area contributed by atoms with Gasteiger partial charge in [0.2, 0.25) is 0 Å². The lowest BCUT2D eigenvalue weighted by molar-refractivity contribution is 0.103. The Morgan fingerprint density at radius 3 is 2.44 bits per heavy atom. The number of piperazine rings is 1. The predicted octanol–water partition coefficient (Wildman–Crippen LogP) is 4.38. The minimum absolute atomic E-state index is 0.578. The third-order valence-corrected chi connectivity index (χ3v) is 6.05. The number of benzene rings is 2. The zero-order valence-electron chi connectivity index (χ0n) is 15.3. The van der Waals surface area contributed by atoms with Crippen molar-refractivity contribution in [3.05, 3.63) is 42.0 Å². The molecule has 0 amide bonds. The molecular formula is C22H30N2O. The summed E-state index contributed by atoms with van der Waals surface area (Å²) >= 11 is 0. The van der Waals surface area contributed by atoms with Gasteiger partial charge in [0.05, 0.1) is 7.11 Å². The van der Waals surface area contributed by atoms with Gasteiger partial charge in [0.15, 0.2) is 0 Å². The molecule has 1 saturated heterocycles. The quantitative estimate of drug-likeness (QED) is 0.895. The first-order valence-corrected chi connectivity index (χ1v) is 9.87. The van der Waals surface area contributed by atoms with Crippen LogP contribution in [0.3, 0.4) is 0 Å². The molecule has 2 aliphatic rings. The molecule has 1 saturated carbocycles. The second-order valence-corrected chi connectivity index (χ2v) is 7.60. The molecule has 4 rings (SSSR count). The number of hydrogen-bond acceptors (Lipinski definition) is 3. The van der Waals surface area contributed by atoms with Crippen LogP contribution in [-0.2, 0) is 0 Å². The Balaban J connectivity index is 1.68. The predicted molar refractivity (Wildman–Crippen MR) is 104 cm³/mol. The second-order valence-electron chi connectivity index (χ2n) is 7.60. The topological polar surface area (TPSA) is 24.5 Å². The van der Waals surface area contributed by atoms with Crippen LogP contribution < -0.4 is 10.1 Å². The molecule has 2 aromatic carbocycles. The average Bonchev–Trinajstić information content (AvgIpc) is 2.69. The molecule has 3 nitrogen and oxygen atoms in total. The van der Waals surface area contributed by atoms with Crippen LogP contribution in [0.4, 0.5) is 0 Å². The maximum absolute atomic E-state index is 5.38. The number of nitrogens with one attached hydrogen (secondary N) is 1. The SMILES string of the molecule is COc1ccc2cc([C@@H](C3CCCCC3)N3CCNCC3)ccc2c1. The van der Waals surface area contributed by atoms with Crippen LogP contribution in [0.1, 0.15) is 43.7 Å². The Morgan fingerprint density at radius 1 is 0.960 bits per heavy atom. The standard InChI is InChI=1S/C22H30N2O/c1-25-21-10-9-18-15-20(8-7-19(18)16-21)22(17-5-3-2-4-6-17)24-13-11-23-12-14-24/h7-10,15-17,22-23H,2-6,11-14H2,1H3/t22-/m1/s1. The van der Waals surface area contributed by atoms with Crippen molar-refractivity contribution in [1.29, 1.82) is 0 Å². The highest BCUT2D eigenvalue weighted by molar-refractivity contribution is 5.84. The minimum Gasteiger partial charge on any atom is -0.497 e. The summed E-state index contributed by atoms with van der Waals surface area (Å²) in [6.45, 7) is 4.58. The van der Waals surface area contributed by atoms with Crippen molar-refractivity contribution in [1.82, 2.24) is 10.2 Å². The molecule has 25 heavy (non-hydrogen) atoms. The van der Waals surface area contributed by atoms with Crippen LogP contribution in [0.15, 0.2) is 36.4 Å². The molecule has 1 aliphatic carbocycles. The Kier molecular flexibility index (Phi) is 5.23. The lowest BCUT2D eigenvalue weighted by Gasteiger charge is -2.41. The van der Waals surface area contributed by atoms with E-state index in [4.69, 9.17) is 4.74 Å². The van der Waals surface area contributed by atoms with E-state index >= 15 is 0 Å². The van der Waals surface area contributed by atoms with E-state index in [0.29, 0.717) is 6.04 Å². The third kappa shape index (κ3) is 3.68. The van der Waals surface area contributed by atoms with E-state index in [0.717, 1.165) is 24.8 Å². The van der Waals surface area contributed by atoms with Gasteiger partial charge < -0.3 is 10.1 Å². The fourth-order valence-electron chi connectivity index (χ4n) is 4.74. The van der Waals surface area contributed by atoms with Gasteiger partial charge in [0, 0.05) is 32.2 Å². The molecule has 1 atom stereocenters. The van der Waals surface area contributed by atoms with Crippen LogP contribution in [-0.4, -0.2) is 38.2 Å². The van der Waals surface area contributed by atoms with Gasteiger partial charge >= 0.3 is 0 Å². The van der Waals surface area contributed by atoms with Crippen molar-refractivity contribution in [2.45, 2.75) is 38.1 Å². The summed E-state index contributed by atoms with van der Waals surface area (Å²) in [5, 5.41) is 6.11. The maximum Gasteiger partial charge on any atom is 0.119 e. The van der Waals surface area contributed by atoms with E-state index < -0.39 is 0 Å². The highest BCUT2D eigenvalue weighted by Crippen LogP contribution is 2.39. The zero-order chi connectivity index (χ0) is 17.1. The fourth-order valence-corrected chi connectivity index (χ4v) is 4.74. The molecule has 2 aromatic rings. The van der Waals surface area contributed by atoms with Crippen molar-refractivity contribution in [3.63, 3.8) is 0 Å². The molecule has 1 heterocycles. The molecule has 0 radical (unpaired) electrons. The number of nitrogens with zero attached hydrogens (tertiary/aromatic N) is 1. The largest absolute Gasteiger partial charge is 0.497 e. The number of fused-ring (bicyclic) bond motifs is 1. The number of rotatable bonds is 4. The molecular weight excluding hydrogens is 308 g/mol. The van der Waals surface area contributed by atoms with Crippen LogP contribution in [0.25, 0.3) is 10.8 Å². The molecule has 2 fully saturated rings. The van der Waals surface area contributed by atoms with E-state index in [9.17, 15) is 0 Å². The second kappa shape index (κ2) is 7.76. The van der Waals surface area contributed by atoms with E-state index in [2.05, 4.69) is 46.6 Å². The first kappa shape index (κ1) is 16.9. The molecule has 1 N–H and O–H groups in total. The molecule has 0 bridgehead atoms. The molecule has 3 heteroatoms. The van der Waals surface area contributed by atoms with E-state index in [1.807, 2.05) is 0 Å². The average molecular weight is 338 g/mol. The fraction of sp³-hybridized carbons (Fsp3) is 0.545. The summed E-state index contributed by atoms with van der Waals surface area (Å²) in [5.41, 5.74) is 1.51. The summed E-state index contributed by atoms with van der Waals surface area (Å²) in [6, 6.07) is 14.1. The van der Waals surface area contributed by atoms with E-state index in [1.165, 1.54) is 61.5 Å². The summed E-state index contributed by atoms with van der Waals surface area (Å²) in [6.07, 6.45) is 6.99. The van der Waals surface area contributed by atoms with Gasteiger partial charge in [-0.2, -0.15) is 0 Å². The summed E-state index contributed by atoms with van der Waals surface area (Å²) in [7, 11) is 1.74. The zero-order valence-corrected chi connectivity index (χ0v) is 15.3. The maximum atomic E-state index is 5.38. The van der Waals surface area contributed by atoms with Crippen molar-refractivity contribution in [2.75, 3.05) is 33.3 Å². The van der Waals surface area contributed by atoms with Crippen molar-refractivity contribution >= 4 is 10.8 Å².